The van der Waals surface area contributed by atoms with Crippen LogP contribution < -0.4 is 21.3 Å². The molecule has 0 aliphatic carbocycles. The average molecular weight is 445 g/mol. The first kappa shape index (κ1) is 22.2. The van der Waals surface area contributed by atoms with Gasteiger partial charge in [-0.15, -0.1) is 0 Å². The average Bonchev–Trinajstić information content (AvgIpc) is 2.85. The smallest absolute Gasteiger partial charge is 0.228 e. The van der Waals surface area contributed by atoms with Gasteiger partial charge in [0.1, 0.15) is 5.82 Å². The lowest BCUT2D eigenvalue weighted by Crippen LogP contribution is -2.37. The van der Waals surface area contributed by atoms with Gasteiger partial charge >= 0.3 is 0 Å². The van der Waals surface area contributed by atoms with Crippen molar-refractivity contribution in [2.75, 3.05) is 54.6 Å². The van der Waals surface area contributed by atoms with Crippen molar-refractivity contribution < 1.29 is 4.74 Å². The Balaban J connectivity index is 1.76. The minimum atomic E-state index is 0.496. The van der Waals surface area contributed by atoms with Crippen molar-refractivity contribution in [1.82, 2.24) is 9.97 Å². The minimum Gasteiger partial charge on any atom is -0.398 e. The standard InChI is InChI=1S/C24H28N8O/c1-15(26)19-5-3-16(12-22(19)28-2)21-13-23(29-18-4-6-20(27)17(11-18)14-25)31-24(30-21)32-7-9-33-10-8-32/h3-6,11-14,25-26,28H,7-10,27H2,1-2H3,(H,29,30,31). The van der Waals surface area contributed by atoms with Gasteiger partial charge in [0.15, 0.2) is 0 Å². The highest BCUT2D eigenvalue weighted by Crippen LogP contribution is 2.29. The van der Waals surface area contributed by atoms with Gasteiger partial charge in [-0.2, -0.15) is 4.98 Å². The number of hydrogen-bond acceptors (Lipinski definition) is 9. The number of rotatable bonds is 7. The quantitative estimate of drug-likeness (QED) is 0.277. The summed E-state index contributed by atoms with van der Waals surface area (Å²) in [6, 6.07) is 13.3. The molecule has 0 amide bonds. The predicted octanol–water partition coefficient (Wildman–Crippen LogP) is 3.73. The van der Waals surface area contributed by atoms with Gasteiger partial charge in [0.25, 0.3) is 0 Å². The van der Waals surface area contributed by atoms with Crippen molar-refractivity contribution in [3.05, 3.63) is 53.6 Å². The molecule has 1 saturated heterocycles. The number of nitrogens with zero attached hydrogens (tertiary/aromatic N) is 3. The van der Waals surface area contributed by atoms with E-state index in [9.17, 15) is 0 Å². The number of aromatic nitrogens is 2. The maximum absolute atomic E-state index is 8.01. The van der Waals surface area contributed by atoms with Crippen LogP contribution in [0.2, 0.25) is 0 Å². The molecule has 1 aromatic heterocycles. The second-order valence-electron chi connectivity index (χ2n) is 7.79. The van der Waals surface area contributed by atoms with Crippen LogP contribution in [0.1, 0.15) is 18.1 Å². The molecule has 33 heavy (non-hydrogen) atoms. The molecule has 2 heterocycles. The number of anilines is 5. The number of hydrogen-bond donors (Lipinski definition) is 5. The number of nitrogen functional groups attached to an aromatic ring is 1. The van der Waals surface area contributed by atoms with Gasteiger partial charge in [0, 0.05) is 71.9 Å². The van der Waals surface area contributed by atoms with E-state index in [0.717, 1.165) is 41.3 Å². The zero-order valence-electron chi connectivity index (χ0n) is 18.8. The summed E-state index contributed by atoms with van der Waals surface area (Å²) in [5, 5.41) is 22.1. The molecule has 2 aromatic carbocycles. The van der Waals surface area contributed by atoms with E-state index >= 15 is 0 Å². The fourth-order valence-corrected chi connectivity index (χ4v) is 3.71. The van der Waals surface area contributed by atoms with Crippen molar-refractivity contribution in [3.8, 4) is 11.3 Å². The Morgan fingerprint density at radius 1 is 1.12 bits per heavy atom. The zero-order chi connectivity index (χ0) is 23.4. The van der Waals surface area contributed by atoms with E-state index < -0.39 is 0 Å². The molecule has 0 bridgehead atoms. The van der Waals surface area contributed by atoms with Crippen molar-refractivity contribution in [1.29, 1.82) is 10.8 Å². The van der Waals surface area contributed by atoms with Gasteiger partial charge in [-0.05, 0) is 31.2 Å². The van der Waals surface area contributed by atoms with Crippen LogP contribution in [0.3, 0.4) is 0 Å². The molecule has 9 nitrogen and oxygen atoms in total. The molecule has 0 saturated carbocycles. The Kier molecular flexibility index (Phi) is 6.50. The third-order valence-electron chi connectivity index (χ3n) is 5.51. The number of nitrogens with two attached hydrogens (primary N) is 1. The van der Waals surface area contributed by atoms with Gasteiger partial charge < -0.3 is 36.8 Å². The SMILES string of the molecule is CNc1cc(-c2cc(Nc3ccc(N)c(C=N)c3)nc(N3CCOCC3)n2)ccc1C(C)=N. The van der Waals surface area contributed by atoms with E-state index in [1.807, 2.05) is 43.4 Å². The molecular formula is C24H28N8O. The lowest BCUT2D eigenvalue weighted by molar-refractivity contribution is 0.122. The maximum Gasteiger partial charge on any atom is 0.228 e. The molecule has 0 atom stereocenters. The van der Waals surface area contributed by atoms with Crippen LogP contribution in [0.5, 0.6) is 0 Å². The molecule has 9 heteroatoms. The summed E-state index contributed by atoms with van der Waals surface area (Å²) in [6.07, 6.45) is 1.23. The highest BCUT2D eigenvalue weighted by molar-refractivity contribution is 6.02. The molecule has 6 N–H and O–H groups in total. The van der Waals surface area contributed by atoms with Gasteiger partial charge in [0.2, 0.25) is 5.95 Å². The lowest BCUT2D eigenvalue weighted by Gasteiger charge is -2.27. The van der Waals surface area contributed by atoms with E-state index in [1.165, 1.54) is 6.21 Å². The van der Waals surface area contributed by atoms with Gasteiger partial charge in [-0.1, -0.05) is 12.1 Å². The molecule has 0 spiro atoms. The fraction of sp³-hybridized carbons (Fsp3) is 0.250. The first-order valence-electron chi connectivity index (χ1n) is 10.7. The molecular weight excluding hydrogens is 416 g/mol. The maximum atomic E-state index is 8.01. The molecule has 3 aromatic rings. The van der Waals surface area contributed by atoms with Crippen LogP contribution in [-0.2, 0) is 4.74 Å². The Bertz CT molecular complexity index is 1190. The first-order valence-corrected chi connectivity index (χ1v) is 10.7. The van der Waals surface area contributed by atoms with Crippen molar-refractivity contribution in [2.45, 2.75) is 6.92 Å². The van der Waals surface area contributed by atoms with E-state index in [-0.39, 0.29) is 0 Å². The number of benzene rings is 2. The first-order chi connectivity index (χ1) is 16.0. The molecule has 170 valence electrons. The molecule has 1 aliphatic heterocycles. The summed E-state index contributed by atoms with van der Waals surface area (Å²) < 4.78 is 5.49. The van der Waals surface area contributed by atoms with Crippen LogP contribution in [0.25, 0.3) is 11.3 Å². The lowest BCUT2D eigenvalue weighted by atomic mass is 10.0. The third-order valence-corrected chi connectivity index (χ3v) is 5.51. The van der Waals surface area contributed by atoms with Crippen LogP contribution in [0.4, 0.5) is 28.8 Å². The second-order valence-corrected chi connectivity index (χ2v) is 7.79. The zero-order valence-corrected chi connectivity index (χ0v) is 18.8. The third kappa shape index (κ3) is 4.93. The van der Waals surface area contributed by atoms with E-state index in [0.29, 0.717) is 41.9 Å². The van der Waals surface area contributed by atoms with E-state index in [4.69, 9.17) is 31.3 Å². The molecule has 0 radical (unpaired) electrons. The summed E-state index contributed by atoms with van der Waals surface area (Å²) in [4.78, 5) is 11.7. The second kappa shape index (κ2) is 9.66. The summed E-state index contributed by atoms with van der Waals surface area (Å²) in [7, 11) is 1.85. The predicted molar refractivity (Wildman–Crippen MR) is 135 cm³/mol. The summed E-state index contributed by atoms with van der Waals surface area (Å²) in [6.45, 7) is 4.48. The normalized spacial score (nSPS) is 13.5. The van der Waals surface area contributed by atoms with Crippen molar-refractivity contribution in [3.63, 3.8) is 0 Å². The van der Waals surface area contributed by atoms with Gasteiger partial charge in [-0.25, -0.2) is 4.98 Å². The number of morpholine rings is 1. The number of nitrogens with one attached hydrogen (secondary N) is 4. The highest BCUT2D eigenvalue weighted by atomic mass is 16.5. The highest BCUT2D eigenvalue weighted by Gasteiger charge is 2.17. The number of ether oxygens (including phenoxy) is 1. The molecule has 1 aliphatic rings. The Morgan fingerprint density at radius 3 is 2.61 bits per heavy atom. The van der Waals surface area contributed by atoms with Crippen molar-refractivity contribution in [2.24, 2.45) is 0 Å². The topological polar surface area (TPSA) is 136 Å². The Morgan fingerprint density at radius 2 is 1.91 bits per heavy atom. The van der Waals surface area contributed by atoms with Crippen LogP contribution in [0, 0.1) is 10.8 Å². The summed E-state index contributed by atoms with van der Waals surface area (Å²) in [5.41, 5.74) is 11.8. The minimum absolute atomic E-state index is 0.496. The van der Waals surface area contributed by atoms with Gasteiger partial charge in [0.05, 0.1) is 18.9 Å². The van der Waals surface area contributed by atoms with Crippen molar-refractivity contribution >= 4 is 40.8 Å². The van der Waals surface area contributed by atoms with Crippen LogP contribution in [-0.4, -0.2) is 55.2 Å². The fourth-order valence-electron chi connectivity index (χ4n) is 3.71. The molecule has 4 rings (SSSR count). The van der Waals surface area contributed by atoms with E-state index in [1.54, 1.807) is 13.0 Å². The monoisotopic (exact) mass is 444 g/mol. The van der Waals surface area contributed by atoms with E-state index in [2.05, 4.69) is 15.5 Å². The largest absolute Gasteiger partial charge is 0.398 e. The Hall–Kier alpha value is -3.98. The van der Waals surface area contributed by atoms with Crippen LogP contribution >= 0.6 is 0 Å². The molecule has 1 fully saturated rings. The Labute approximate surface area is 193 Å². The molecule has 0 unspecified atom stereocenters. The summed E-state index contributed by atoms with van der Waals surface area (Å²) >= 11 is 0. The van der Waals surface area contributed by atoms with Crippen LogP contribution in [0.15, 0.2) is 42.5 Å². The van der Waals surface area contributed by atoms with Gasteiger partial charge in [-0.3, -0.25) is 0 Å². The summed E-state index contributed by atoms with van der Waals surface area (Å²) in [5.74, 6) is 1.26.